The first-order chi connectivity index (χ1) is 17.5. The Morgan fingerprint density at radius 1 is 0.972 bits per heavy atom. The summed E-state index contributed by atoms with van der Waals surface area (Å²) >= 11 is 0. The van der Waals surface area contributed by atoms with Crippen LogP contribution in [-0.4, -0.2) is 39.5 Å². The predicted molar refractivity (Wildman–Crippen MR) is 141 cm³/mol. The van der Waals surface area contributed by atoms with Gasteiger partial charge in [-0.05, 0) is 50.5 Å². The van der Waals surface area contributed by atoms with Gasteiger partial charge in [-0.3, -0.25) is 9.59 Å². The van der Waals surface area contributed by atoms with Crippen LogP contribution in [0.4, 0.5) is 0 Å². The van der Waals surface area contributed by atoms with Crippen LogP contribution >= 0.6 is 0 Å². The number of aromatic nitrogens is 1. The molecule has 6 heteroatoms. The van der Waals surface area contributed by atoms with Crippen LogP contribution in [0.1, 0.15) is 62.0 Å². The summed E-state index contributed by atoms with van der Waals surface area (Å²) in [4.78, 5) is 29.7. The summed E-state index contributed by atoms with van der Waals surface area (Å²) in [6, 6.07) is 21.8. The molecule has 0 bridgehead atoms. The van der Waals surface area contributed by atoms with Gasteiger partial charge in [0.2, 0.25) is 5.91 Å². The Balaban J connectivity index is 1.54. The first kappa shape index (κ1) is 24.2. The standard InChI is InChI=1S/C30H35N3O3/c1-3-36-27-17-11-10-14-23(27)20-33-28(34)26-19-18-25(22-12-6-4-7-13-22)32(26)21-30(33,2)29(35)31-24-15-8-5-9-16-24/h4,6-7,10-14,17-19,24H,3,5,8-9,15-16,20-21H2,1-2H3,(H,31,35)/t30-/m0/s1. The van der Waals surface area contributed by atoms with Crippen molar-refractivity contribution < 1.29 is 14.3 Å². The first-order valence-corrected chi connectivity index (χ1v) is 13.1. The molecule has 0 saturated heterocycles. The molecule has 2 heterocycles. The molecule has 36 heavy (non-hydrogen) atoms. The molecule has 6 nitrogen and oxygen atoms in total. The van der Waals surface area contributed by atoms with Crippen molar-refractivity contribution in [3.63, 3.8) is 0 Å². The monoisotopic (exact) mass is 485 g/mol. The second kappa shape index (κ2) is 10.2. The van der Waals surface area contributed by atoms with Crippen molar-refractivity contribution >= 4 is 11.8 Å². The summed E-state index contributed by atoms with van der Waals surface area (Å²) in [6.45, 7) is 5.08. The molecule has 2 aromatic carbocycles. The van der Waals surface area contributed by atoms with Crippen LogP contribution in [0, 0.1) is 0 Å². The van der Waals surface area contributed by atoms with Gasteiger partial charge in [-0.2, -0.15) is 0 Å². The zero-order valence-corrected chi connectivity index (χ0v) is 21.2. The Kier molecular flexibility index (Phi) is 6.86. The van der Waals surface area contributed by atoms with Crippen LogP contribution in [0.25, 0.3) is 11.3 Å². The highest BCUT2D eigenvalue weighted by Crippen LogP contribution is 2.35. The van der Waals surface area contributed by atoms with Gasteiger partial charge in [0.1, 0.15) is 17.0 Å². The number of fused-ring (bicyclic) bond motifs is 1. The highest BCUT2D eigenvalue weighted by Gasteiger charge is 2.48. The van der Waals surface area contributed by atoms with Gasteiger partial charge in [-0.25, -0.2) is 0 Å². The molecule has 0 spiro atoms. The van der Waals surface area contributed by atoms with Crippen molar-refractivity contribution in [1.82, 2.24) is 14.8 Å². The smallest absolute Gasteiger partial charge is 0.271 e. The number of nitrogens with one attached hydrogen (secondary N) is 1. The lowest BCUT2D eigenvalue weighted by Gasteiger charge is -2.45. The van der Waals surface area contributed by atoms with E-state index in [1.807, 2.05) is 85.1 Å². The van der Waals surface area contributed by atoms with Gasteiger partial charge >= 0.3 is 0 Å². The summed E-state index contributed by atoms with van der Waals surface area (Å²) in [5, 5.41) is 3.31. The number of hydrogen-bond donors (Lipinski definition) is 1. The van der Waals surface area contributed by atoms with E-state index in [-0.39, 0.29) is 17.9 Å². The summed E-state index contributed by atoms with van der Waals surface area (Å²) in [6.07, 6.45) is 5.47. The molecule has 0 radical (unpaired) electrons. The quantitative estimate of drug-likeness (QED) is 0.486. The average molecular weight is 486 g/mol. The third-order valence-electron chi connectivity index (χ3n) is 7.61. The molecule has 1 aliphatic carbocycles. The zero-order valence-electron chi connectivity index (χ0n) is 21.2. The van der Waals surface area contributed by atoms with Crippen molar-refractivity contribution in [2.75, 3.05) is 6.61 Å². The third-order valence-corrected chi connectivity index (χ3v) is 7.61. The second-order valence-corrected chi connectivity index (χ2v) is 10.1. The lowest BCUT2D eigenvalue weighted by molar-refractivity contribution is -0.134. The van der Waals surface area contributed by atoms with Crippen molar-refractivity contribution in [2.45, 2.75) is 70.6 Å². The number of carbonyl (C=O) groups is 2. The fraction of sp³-hybridized carbons (Fsp3) is 0.400. The number of rotatable bonds is 7. The molecular formula is C30H35N3O3. The minimum absolute atomic E-state index is 0.0880. The van der Waals surface area contributed by atoms with Crippen LogP contribution in [0.15, 0.2) is 66.7 Å². The van der Waals surface area contributed by atoms with Crippen molar-refractivity contribution in [3.05, 3.63) is 78.0 Å². The number of benzene rings is 2. The van der Waals surface area contributed by atoms with Crippen molar-refractivity contribution in [1.29, 1.82) is 0 Å². The van der Waals surface area contributed by atoms with Crippen LogP contribution < -0.4 is 10.1 Å². The summed E-state index contributed by atoms with van der Waals surface area (Å²) in [5.41, 5.74) is 2.42. The maximum Gasteiger partial charge on any atom is 0.271 e. The Morgan fingerprint density at radius 2 is 1.67 bits per heavy atom. The number of carbonyl (C=O) groups excluding carboxylic acids is 2. The molecule has 5 rings (SSSR count). The molecule has 3 aromatic rings. The number of nitrogens with zero attached hydrogens (tertiary/aromatic N) is 2. The molecule has 1 atom stereocenters. The molecule has 1 aliphatic heterocycles. The summed E-state index contributed by atoms with van der Waals surface area (Å²) in [5.74, 6) is 0.514. The van der Waals surface area contributed by atoms with Crippen molar-refractivity contribution in [3.8, 4) is 17.0 Å². The van der Waals surface area contributed by atoms with Gasteiger partial charge in [0.25, 0.3) is 5.91 Å². The fourth-order valence-electron chi connectivity index (χ4n) is 5.57. The number of amides is 2. The largest absolute Gasteiger partial charge is 0.494 e. The van der Waals surface area contributed by atoms with E-state index in [1.165, 1.54) is 6.42 Å². The van der Waals surface area contributed by atoms with E-state index in [9.17, 15) is 9.59 Å². The van der Waals surface area contributed by atoms with Crippen LogP contribution in [0.2, 0.25) is 0 Å². The molecule has 1 aromatic heterocycles. The van der Waals surface area contributed by atoms with Gasteiger partial charge in [0, 0.05) is 17.3 Å². The van der Waals surface area contributed by atoms with Crippen LogP contribution in [0.5, 0.6) is 5.75 Å². The molecule has 1 saturated carbocycles. The minimum Gasteiger partial charge on any atom is -0.494 e. The van der Waals surface area contributed by atoms with Gasteiger partial charge in [-0.1, -0.05) is 67.8 Å². The van der Waals surface area contributed by atoms with Crippen molar-refractivity contribution in [2.24, 2.45) is 0 Å². The molecule has 0 unspecified atom stereocenters. The molecule has 1 fully saturated rings. The number of hydrogen-bond acceptors (Lipinski definition) is 3. The van der Waals surface area contributed by atoms with E-state index in [0.717, 1.165) is 48.3 Å². The number of ether oxygens (including phenoxy) is 1. The van der Waals surface area contributed by atoms with E-state index < -0.39 is 5.54 Å². The molecule has 188 valence electrons. The lowest BCUT2D eigenvalue weighted by Crippen LogP contribution is -2.64. The van der Waals surface area contributed by atoms with Crippen LogP contribution in [0.3, 0.4) is 0 Å². The Labute approximate surface area is 213 Å². The second-order valence-electron chi connectivity index (χ2n) is 10.1. The topological polar surface area (TPSA) is 63.6 Å². The van der Waals surface area contributed by atoms with Crippen LogP contribution in [-0.2, 0) is 17.9 Å². The summed E-state index contributed by atoms with van der Waals surface area (Å²) < 4.78 is 7.87. The highest BCUT2D eigenvalue weighted by atomic mass is 16.5. The molecule has 2 amide bonds. The van der Waals surface area contributed by atoms with E-state index in [4.69, 9.17) is 4.74 Å². The number of para-hydroxylation sites is 1. The third kappa shape index (κ3) is 4.52. The Bertz CT molecular complexity index is 1230. The van der Waals surface area contributed by atoms with E-state index in [2.05, 4.69) is 5.32 Å². The lowest BCUT2D eigenvalue weighted by atomic mass is 9.91. The Morgan fingerprint density at radius 3 is 2.42 bits per heavy atom. The zero-order chi connectivity index (χ0) is 25.1. The van der Waals surface area contributed by atoms with Gasteiger partial charge < -0.3 is 19.5 Å². The van der Waals surface area contributed by atoms with Gasteiger partial charge in [-0.15, -0.1) is 0 Å². The SMILES string of the molecule is CCOc1ccccc1CN1C(=O)c2ccc(-c3ccccc3)n2C[C@@]1(C)C(=O)NC1CCCCC1. The summed E-state index contributed by atoms with van der Waals surface area (Å²) in [7, 11) is 0. The maximum absolute atomic E-state index is 14.0. The molecular weight excluding hydrogens is 450 g/mol. The molecule has 2 aliphatic rings. The van der Waals surface area contributed by atoms with E-state index in [1.54, 1.807) is 4.90 Å². The van der Waals surface area contributed by atoms with E-state index >= 15 is 0 Å². The predicted octanol–water partition coefficient (Wildman–Crippen LogP) is 5.42. The normalized spacial score (nSPS) is 20.2. The average Bonchev–Trinajstić information content (AvgIpc) is 3.32. The highest BCUT2D eigenvalue weighted by molar-refractivity contribution is 6.00. The molecule has 1 N–H and O–H groups in total. The minimum atomic E-state index is -1.05. The van der Waals surface area contributed by atoms with Gasteiger partial charge in [0.05, 0.1) is 19.7 Å². The first-order valence-electron chi connectivity index (χ1n) is 13.1. The maximum atomic E-state index is 14.0. The van der Waals surface area contributed by atoms with E-state index in [0.29, 0.717) is 25.4 Å². The fourth-order valence-corrected chi connectivity index (χ4v) is 5.57. The Hall–Kier alpha value is -3.54. The van der Waals surface area contributed by atoms with Gasteiger partial charge in [0.15, 0.2) is 0 Å².